The number of nitrogens with one attached hydrogen (secondary N) is 1. The van der Waals surface area contributed by atoms with Gasteiger partial charge in [0.1, 0.15) is 11.6 Å². The molecule has 2 rings (SSSR count). The highest BCUT2D eigenvalue weighted by Crippen LogP contribution is 2.20. The summed E-state index contributed by atoms with van der Waals surface area (Å²) in [4.78, 5) is 16.1. The molecule has 0 aliphatic heterocycles. The van der Waals surface area contributed by atoms with Gasteiger partial charge in [-0.1, -0.05) is 0 Å². The van der Waals surface area contributed by atoms with Gasteiger partial charge >= 0.3 is 0 Å². The Morgan fingerprint density at radius 3 is 2.89 bits per heavy atom. The van der Waals surface area contributed by atoms with Crippen molar-refractivity contribution in [2.75, 3.05) is 17.7 Å². The van der Waals surface area contributed by atoms with Gasteiger partial charge in [-0.25, -0.2) is 4.98 Å². The quantitative estimate of drug-likeness (QED) is 0.836. The third kappa shape index (κ3) is 3.41. The number of carbonyl (C=O) groups excluding carboxylic acids is 1. The number of rotatable bonds is 4. The van der Waals surface area contributed by atoms with Gasteiger partial charge < -0.3 is 10.5 Å². The maximum atomic E-state index is 12.0. The summed E-state index contributed by atoms with van der Waals surface area (Å²) in [5.41, 5.74) is 6.64. The van der Waals surface area contributed by atoms with Crippen LogP contribution in [0.5, 0.6) is 5.75 Å². The molecule has 7 heteroatoms. The van der Waals surface area contributed by atoms with Crippen molar-refractivity contribution < 1.29 is 9.53 Å². The van der Waals surface area contributed by atoms with Gasteiger partial charge in [0.15, 0.2) is 0 Å². The standard InChI is InChI=1S/C12H14N4O2S/c1-3-18-10-5-8(4-9(13)6-10)11(17)15-12-14-7(2)16-19-12/h4-6H,3,13H2,1-2H3,(H,14,15,16,17). The number of anilines is 2. The Morgan fingerprint density at radius 1 is 1.47 bits per heavy atom. The molecule has 0 spiro atoms. The van der Waals surface area contributed by atoms with Gasteiger partial charge in [-0.15, -0.1) is 0 Å². The van der Waals surface area contributed by atoms with Crippen LogP contribution in [0, 0.1) is 6.92 Å². The molecule has 0 saturated heterocycles. The molecule has 1 aromatic heterocycles. The van der Waals surface area contributed by atoms with Crippen LogP contribution in [-0.4, -0.2) is 21.9 Å². The van der Waals surface area contributed by atoms with E-state index in [9.17, 15) is 4.79 Å². The Balaban J connectivity index is 2.18. The van der Waals surface area contributed by atoms with Crippen molar-refractivity contribution >= 4 is 28.3 Å². The van der Waals surface area contributed by atoms with E-state index in [1.807, 2.05) is 6.92 Å². The molecule has 100 valence electrons. The zero-order chi connectivity index (χ0) is 13.8. The molecular weight excluding hydrogens is 264 g/mol. The zero-order valence-corrected chi connectivity index (χ0v) is 11.5. The lowest BCUT2D eigenvalue weighted by atomic mass is 10.2. The van der Waals surface area contributed by atoms with Gasteiger partial charge in [0.05, 0.1) is 6.61 Å². The molecule has 1 amide bonds. The van der Waals surface area contributed by atoms with Crippen molar-refractivity contribution in [1.29, 1.82) is 0 Å². The highest BCUT2D eigenvalue weighted by Gasteiger charge is 2.11. The van der Waals surface area contributed by atoms with Crippen LogP contribution in [0.15, 0.2) is 18.2 Å². The van der Waals surface area contributed by atoms with E-state index < -0.39 is 0 Å². The molecular formula is C12H14N4O2S. The zero-order valence-electron chi connectivity index (χ0n) is 10.6. The number of nitrogens with two attached hydrogens (primary N) is 1. The molecule has 3 N–H and O–H groups in total. The van der Waals surface area contributed by atoms with E-state index in [4.69, 9.17) is 10.5 Å². The second kappa shape index (κ2) is 5.66. The van der Waals surface area contributed by atoms with Crippen LogP contribution in [0.2, 0.25) is 0 Å². The third-order valence-corrected chi connectivity index (χ3v) is 2.97. The van der Waals surface area contributed by atoms with Crippen molar-refractivity contribution in [2.45, 2.75) is 13.8 Å². The SMILES string of the molecule is CCOc1cc(N)cc(C(=O)Nc2nc(C)ns2)c1. The number of hydrogen-bond donors (Lipinski definition) is 2. The Bertz CT molecular complexity index is 597. The summed E-state index contributed by atoms with van der Waals surface area (Å²) in [5, 5.41) is 3.13. The number of nitrogens with zero attached hydrogens (tertiary/aromatic N) is 2. The van der Waals surface area contributed by atoms with Crippen LogP contribution in [0.4, 0.5) is 10.8 Å². The number of nitrogen functional groups attached to an aromatic ring is 1. The van der Waals surface area contributed by atoms with Crippen LogP contribution in [-0.2, 0) is 0 Å². The summed E-state index contributed by atoms with van der Waals surface area (Å²) in [6, 6.07) is 4.91. The second-order valence-corrected chi connectivity index (χ2v) is 4.58. The van der Waals surface area contributed by atoms with Crippen molar-refractivity contribution in [3.05, 3.63) is 29.6 Å². The topological polar surface area (TPSA) is 90.1 Å². The number of aromatic nitrogens is 2. The maximum Gasteiger partial charge on any atom is 0.257 e. The first-order valence-corrected chi connectivity index (χ1v) is 6.51. The molecule has 1 aromatic carbocycles. The average molecular weight is 278 g/mol. The minimum Gasteiger partial charge on any atom is -0.494 e. The summed E-state index contributed by atoms with van der Waals surface area (Å²) < 4.78 is 9.34. The highest BCUT2D eigenvalue weighted by atomic mass is 32.1. The third-order valence-electron chi connectivity index (χ3n) is 2.25. The Labute approximate surface area is 114 Å². The summed E-state index contributed by atoms with van der Waals surface area (Å²) in [7, 11) is 0. The lowest BCUT2D eigenvalue weighted by Gasteiger charge is -2.07. The molecule has 0 saturated carbocycles. The fourth-order valence-corrected chi connectivity index (χ4v) is 2.09. The minimum atomic E-state index is -0.288. The van der Waals surface area contributed by atoms with Gasteiger partial charge in [-0.2, -0.15) is 4.37 Å². The van der Waals surface area contributed by atoms with Crippen molar-refractivity contribution in [3.63, 3.8) is 0 Å². The molecule has 2 aromatic rings. The summed E-state index contributed by atoms with van der Waals surface area (Å²) in [5.74, 6) is 0.911. The fraction of sp³-hybridized carbons (Fsp3) is 0.250. The predicted octanol–water partition coefficient (Wildman–Crippen LogP) is 2.08. The Kier molecular flexibility index (Phi) is 3.96. The monoisotopic (exact) mass is 278 g/mol. The number of amides is 1. The molecule has 0 unspecified atom stereocenters. The fourth-order valence-electron chi connectivity index (χ4n) is 1.52. The Hall–Kier alpha value is -2.15. The molecule has 6 nitrogen and oxygen atoms in total. The lowest BCUT2D eigenvalue weighted by molar-refractivity contribution is 0.102. The Morgan fingerprint density at radius 2 is 2.26 bits per heavy atom. The van der Waals surface area contributed by atoms with Gasteiger partial charge in [0.25, 0.3) is 5.91 Å². The number of hydrogen-bond acceptors (Lipinski definition) is 6. The number of ether oxygens (including phenoxy) is 1. The van der Waals surface area contributed by atoms with Crippen LogP contribution in [0.25, 0.3) is 0 Å². The first-order chi connectivity index (χ1) is 9.08. The van der Waals surface area contributed by atoms with Crippen LogP contribution < -0.4 is 15.8 Å². The first kappa shape index (κ1) is 13.3. The van der Waals surface area contributed by atoms with Crippen LogP contribution >= 0.6 is 11.5 Å². The largest absolute Gasteiger partial charge is 0.494 e. The second-order valence-electron chi connectivity index (χ2n) is 3.82. The summed E-state index contributed by atoms with van der Waals surface area (Å²) >= 11 is 1.14. The number of benzene rings is 1. The van der Waals surface area contributed by atoms with E-state index in [1.54, 1.807) is 25.1 Å². The maximum absolute atomic E-state index is 12.0. The first-order valence-electron chi connectivity index (χ1n) is 5.73. The molecule has 0 bridgehead atoms. The molecule has 0 radical (unpaired) electrons. The normalized spacial score (nSPS) is 10.2. The van der Waals surface area contributed by atoms with E-state index >= 15 is 0 Å². The van der Waals surface area contributed by atoms with Crippen molar-refractivity contribution in [1.82, 2.24) is 9.36 Å². The average Bonchev–Trinajstić information content (AvgIpc) is 2.74. The van der Waals surface area contributed by atoms with Gasteiger partial charge in [0.2, 0.25) is 5.13 Å². The summed E-state index contributed by atoms with van der Waals surface area (Å²) in [6.45, 7) is 4.15. The van der Waals surface area contributed by atoms with Gasteiger partial charge in [-0.05, 0) is 26.0 Å². The molecule has 0 fully saturated rings. The number of aryl methyl sites for hydroxylation is 1. The van der Waals surface area contributed by atoms with E-state index in [1.165, 1.54) is 0 Å². The molecule has 19 heavy (non-hydrogen) atoms. The van der Waals surface area contributed by atoms with E-state index in [-0.39, 0.29) is 5.91 Å². The van der Waals surface area contributed by atoms with Crippen molar-refractivity contribution in [2.24, 2.45) is 0 Å². The molecule has 0 atom stereocenters. The van der Waals surface area contributed by atoms with Crippen LogP contribution in [0.1, 0.15) is 23.1 Å². The van der Waals surface area contributed by atoms with E-state index in [0.717, 1.165) is 11.5 Å². The van der Waals surface area contributed by atoms with Gasteiger partial charge in [0, 0.05) is 28.8 Å². The smallest absolute Gasteiger partial charge is 0.257 e. The predicted molar refractivity (Wildman–Crippen MR) is 74.6 cm³/mol. The molecule has 0 aliphatic carbocycles. The van der Waals surface area contributed by atoms with E-state index in [0.29, 0.717) is 34.6 Å². The van der Waals surface area contributed by atoms with Crippen LogP contribution in [0.3, 0.4) is 0 Å². The lowest BCUT2D eigenvalue weighted by Crippen LogP contribution is -2.12. The highest BCUT2D eigenvalue weighted by molar-refractivity contribution is 7.09. The molecule has 0 aliphatic rings. The van der Waals surface area contributed by atoms with E-state index in [2.05, 4.69) is 14.7 Å². The minimum absolute atomic E-state index is 0.288. The summed E-state index contributed by atoms with van der Waals surface area (Å²) in [6.07, 6.45) is 0. The number of carbonyl (C=O) groups is 1. The molecule has 1 heterocycles. The van der Waals surface area contributed by atoms with Gasteiger partial charge in [-0.3, -0.25) is 10.1 Å². The van der Waals surface area contributed by atoms with Crippen molar-refractivity contribution in [3.8, 4) is 5.75 Å².